The van der Waals surface area contributed by atoms with E-state index in [1.807, 2.05) is 20.1 Å². The van der Waals surface area contributed by atoms with Crippen molar-refractivity contribution in [2.45, 2.75) is 6.82 Å². The van der Waals surface area contributed by atoms with Crippen molar-refractivity contribution in [3.8, 4) is 0 Å². The fourth-order valence-corrected chi connectivity index (χ4v) is 0.147. The molecule has 0 fully saturated rings. The average Bonchev–Trinajstić information content (AvgIpc) is 1.61. The van der Waals surface area contributed by atoms with Gasteiger partial charge in [-0.2, -0.15) is 0 Å². The molecule has 0 aliphatic rings. The first-order valence-corrected chi connectivity index (χ1v) is 1.82. The molecule has 0 atom stereocenters. The average molecular weight is 79.9 g/mol. The highest BCUT2D eigenvalue weighted by molar-refractivity contribution is 6.40. The van der Waals surface area contributed by atoms with Crippen LogP contribution in [-0.2, 0) is 0 Å². The van der Waals surface area contributed by atoms with E-state index in [1.54, 1.807) is 6.20 Å². The zero-order valence-corrected chi connectivity index (χ0v) is 3.89. The first-order chi connectivity index (χ1) is 2.91. The highest BCUT2D eigenvalue weighted by atomic mass is 14.6. The van der Waals surface area contributed by atoms with Crippen LogP contribution in [-0.4, -0.2) is 14.0 Å². The van der Waals surface area contributed by atoms with E-state index in [4.69, 9.17) is 0 Å². The van der Waals surface area contributed by atoms with Crippen molar-refractivity contribution in [1.82, 2.24) is 0 Å². The molecule has 2 heteroatoms. The minimum Gasteiger partial charge on any atom is -0.274 e. The highest BCUT2D eigenvalue weighted by Gasteiger charge is 1.60. The summed E-state index contributed by atoms with van der Waals surface area (Å²) < 4.78 is 0. The quantitative estimate of drug-likeness (QED) is 0.345. The van der Waals surface area contributed by atoms with E-state index in [9.17, 15) is 0 Å². The summed E-state index contributed by atoms with van der Waals surface area (Å²) in [6.45, 7) is 5.17. The third kappa shape index (κ3) is 3.47. The van der Waals surface area contributed by atoms with Gasteiger partial charge in [0.05, 0.1) is 0 Å². The van der Waals surface area contributed by atoms with Crippen LogP contribution in [0.1, 0.15) is 0 Å². The molecule has 0 aliphatic heterocycles. The Hall–Kier alpha value is -0.525. The van der Waals surface area contributed by atoms with Crippen molar-refractivity contribution in [3.05, 3.63) is 12.2 Å². The van der Waals surface area contributed by atoms with E-state index in [0.717, 1.165) is 0 Å². The van der Waals surface area contributed by atoms with Gasteiger partial charge in [-0.25, -0.2) is 0 Å². The van der Waals surface area contributed by atoms with E-state index in [-0.39, 0.29) is 0 Å². The minimum atomic E-state index is 1.64. The minimum absolute atomic E-state index is 1.64. The molecule has 1 radical (unpaired) electrons. The van der Waals surface area contributed by atoms with Gasteiger partial charge in [0.2, 0.25) is 0 Å². The Kier molecular flexibility index (Phi) is 4.08. The topological polar surface area (TPSA) is 12.4 Å². The normalized spacial score (nSPS) is 8.83. The second kappa shape index (κ2) is 4.47. The zero-order valence-electron chi connectivity index (χ0n) is 3.89. The molecule has 0 spiro atoms. The van der Waals surface area contributed by atoms with Crippen LogP contribution >= 0.6 is 0 Å². The van der Waals surface area contributed by atoms with Crippen LogP contribution in [0.2, 0.25) is 6.82 Å². The standard InChI is InChI=1S/C4H7BN/c1-5-3-4-6-2/h3-4H,2H2,1H3/b4-3-. The summed E-state index contributed by atoms with van der Waals surface area (Å²) >= 11 is 0. The predicted octanol–water partition coefficient (Wildman–Crippen LogP) is 0.910. The summed E-state index contributed by atoms with van der Waals surface area (Å²) in [5.41, 5.74) is 0. The Morgan fingerprint density at radius 2 is 2.50 bits per heavy atom. The SMILES string of the molecule is C=N/C=C\[B]C. The Balaban J connectivity index is 2.94. The van der Waals surface area contributed by atoms with E-state index < -0.39 is 0 Å². The van der Waals surface area contributed by atoms with Crippen LogP contribution < -0.4 is 0 Å². The lowest BCUT2D eigenvalue weighted by Gasteiger charge is -1.65. The third-order valence-corrected chi connectivity index (χ3v) is 0.384. The smallest absolute Gasteiger partial charge is 0.140 e. The van der Waals surface area contributed by atoms with Gasteiger partial charge in [-0.3, -0.25) is 4.99 Å². The van der Waals surface area contributed by atoms with Crippen molar-refractivity contribution in [2.75, 3.05) is 0 Å². The third-order valence-electron chi connectivity index (χ3n) is 0.384. The van der Waals surface area contributed by atoms with Crippen molar-refractivity contribution in [3.63, 3.8) is 0 Å². The Labute approximate surface area is 39.0 Å². The molecule has 0 aromatic heterocycles. The van der Waals surface area contributed by atoms with Gasteiger partial charge < -0.3 is 0 Å². The van der Waals surface area contributed by atoms with E-state index in [0.29, 0.717) is 0 Å². The predicted molar refractivity (Wildman–Crippen MR) is 30.3 cm³/mol. The number of aliphatic imine (C=N–C) groups is 1. The van der Waals surface area contributed by atoms with Gasteiger partial charge in [0.25, 0.3) is 0 Å². The van der Waals surface area contributed by atoms with E-state index in [2.05, 4.69) is 11.7 Å². The maximum absolute atomic E-state index is 3.46. The molecule has 0 amide bonds. The van der Waals surface area contributed by atoms with Crippen LogP contribution in [0.5, 0.6) is 0 Å². The molecular weight excluding hydrogens is 72.9 g/mol. The molecule has 0 N–H and O–H groups in total. The largest absolute Gasteiger partial charge is 0.274 e. The molecule has 0 saturated heterocycles. The monoisotopic (exact) mass is 80.1 g/mol. The molecule has 0 heterocycles. The number of nitrogens with zero attached hydrogens (tertiary/aromatic N) is 1. The zero-order chi connectivity index (χ0) is 4.83. The van der Waals surface area contributed by atoms with Gasteiger partial charge in [-0.1, -0.05) is 6.82 Å². The van der Waals surface area contributed by atoms with Gasteiger partial charge in [0.15, 0.2) is 0 Å². The van der Waals surface area contributed by atoms with Crippen molar-refractivity contribution in [2.24, 2.45) is 4.99 Å². The molecule has 0 unspecified atom stereocenters. The summed E-state index contributed by atoms with van der Waals surface area (Å²) in [6.07, 6.45) is 1.64. The number of hydrogen-bond acceptors (Lipinski definition) is 1. The van der Waals surface area contributed by atoms with Crippen LogP contribution in [0.4, 0.5) is 0 Å². The maximum Gasteiger partial charge on any atom is 0.140 e. The molecule has 0 bridgehead atoms. The van der Waals surface area contributed by atoms with Gasteiger partial charge in [0.1, 0.15) is 7.28 Å². The molecule has 0 aromatic carbocycles. The van der Waals surface area contributed by atoms with E-state index in [1.165, 1.54) is 0 Å². The number of hydrogen-bond donors (Lipinski definition) is 0. The van der Waals surface area contributed by atoms with Crippen LogP contribution in [0.15, 0.2) is 17.2 Å². The van der Waals surface area contributed by atoms with Gasteiger partial charge >= 0.3 is 0 Å². The molecule has 31 valence electrons. The fourth-order valence-electron chi connectivity index (χ4n) is 0.147. The lowest BCUT2D eigenvalue weighted by molar-refractivity contribution is 1.64. The van der Waals surface area contributed by atoms with Crippen molar-refractivity contribution in [1.29, 1.82) is 0 Å². The van der Waals surface area contributed by atoms with Gasteiger partial charge in [-0.15, -0.1) is 5.98 Å². The maximum atomic E-state index is 3.46. The first-order valence-electron chi connectivity index (χ1n) is 1.82. The molecule has 0 aliphatic carbocycles. The molecule has 1 nitrogen and oxygen atoms in total. The molecule has 6 heavy (non-hydrogen) atoms. The number of rotatable bonds is 2. The summed E-state index contributed by atoms with van der Waals surface area (Å²) in [6, 6.07) is 0. The summed E-state index contributed by atoms with van der Waals surface area (Å²) in [7, 11) is 1.90. The molecular formula is C4H7BN. The second-order valence-corrected chi connectivity index (χ2v) is 0.857. The lowest BCUT2D eigenvalue weighted by Crippen LogP contribution is -1.65. The first kappa shape index (κ1) is 5.47. The van der Waals surface area contributed by atoms with Crippen LogP contribution in [0.3, 0.4) is 0 Å². The van der Waals surface area contributed by atoms with Crippen molar-refractivity contribution >= 4 is 14.0 Å². The molecule has 0 aromatic rings. The Morgan fingerprint density at radius 3 is 2.67 bits per heavy atom. The highest BCUT2D eigenvalue weighted by Crippen LogP contribution is 1.65. The lowest BCUT2D eigenvalue weighted by atomic mass is 9.83. The fraction of sp³-hybridized carbons (Fsp3) is 0.250. The molecule has 0 rings (SSSR count). The summed E-state index contributed by atoms with van der Waals surface area (Å²) in [5, 5.41) is 0. The Bertz CT molecular complexity index is 58.6. The molecule has 0 saturated carbocycles. The second-order valence-electron chi connectivity index (χ2n) is 0.857. The summed E-state index contributed by atoms with van der Waals surface area (Å²) in [4.78, 5) is 3.46. The van der Waals surface area contributed by atoms with Gasteiger partial charge in [0, 0.05) is 6.20 Å². The summed E-state index contributed by atoms with van der Waals surface area (Å²) in [5.74, 6) is 1.83. The van der Waals surface area contributed by atoms with Crippen LogP contribution in [0.25, 0.3) is 0 Å². The van der Waals surface area contributed by atoms with Crippen LogP contribution in [0, 0.1) is 0 Å². The van der Waals surface area contributed by atoms with Gasteiger partial charge in [-0.05, 0) is 6.72 Å². The van der Waals surface area contributed by atoms with Crippen molar-refractivity contribution < 1.29 is 0 Å². The Morgan fingerprint density at radius 1 is 1.83 bits per heavy atom. The van der Waals surface area contributed by atoms with E-state index >= 15 is 0 Å².